The molecule has 1 aromatic heterocycles. The van der Waals surface area contributed by atoms with E-state index in [0.29, 0.717) is 0 Å². The Morgan fingerprint density at radius 3 is 2.50 bits per heavy atom. The molecule has 0 fully saturated rings. The van der Waals surface area contributed by atoms with Crippen molar-refractivity contribution >= 4 is 22.5 Å². The Balaban J connectivity index is 0.00000242. The smallest absolute Gasteiger partial charge is 1.00 e. The second kappa shape index (κ2) is 6.52. The van der Waals surface area contributed by atoms with Gasteiger partial charge in [0.2, 0.25) is 5.52 Å². The molecule has 1 aromatic carbocycles. The summed E-state index contributed by atoms with van der Waals surface area (Å²) in [5.41, 5.74) is -0.756. The standard InChI is InChI=1S/C13H12N4O4.Na.H/c1-13(2,3)12(18)8(6-14)7-4-5-9(17(19)20)11-10(7)15-21-16-11;;/h4-5,8H,1-3H3;;/q;+1;-1. The summed E-state index contributed by atoms with van der Waals surface area (Å²) in [6.07, 6.45) is 0. The molecule has 0 N–H and O–H groups in total. The van der Waals surface area contributed by atoms with E-state index >= 15 is 0 Å². The number of nitrogens with zero attached hydrogens (tertiary/aromatic N) is 4. The van der Waals surface area contributed by atoms with E-state index in [1.54, 1.807) is 20.8 Å². The van der Waals surface area contributed by atoms with Crippen molar-refractivity contribution in [1.29, 1.82) is 5.26 Å². The number of hydrogen-bond donors (Lipinski definition) is 0. The van der Waals surface area contributed by atoms with Gasteiger partial charge in [0.1, 0.15) is 11.4 Å². The molecule has 1 unspecified atom stereocenters. The number of hydrogen-bond acceptors (Lipinski definition) is 7. The molecule has 9 heteroatoms. The summed E-state index contributed by atoms with van der Waals surface area (Å²) in [4.78, 5) is 22.6. The molecule has 1 heterocycles. The Hall–Kier alpha value is -1.82. The molecular weight excluding hydrogens is 299 g/mol. The quantitative estimate of drug-likeness (QED) is 0.424. The fourth-order valence-electron chi connectivity index (χ4n) is 1.96. The first-order chi connectivity index (χ1) is 9.77. The second-order valence-electron chi connectivity index (χ2n) is 5.57. The summed E-state index contributed by atoms with van der Waals surface area (Å²) in [7, 11) is 0. The zero-order valence-corrected chi connectivity index (χ0v) is 14.7. The van der Waals surface area contributed by atoms with Crippen LogP contribution in [0.1, 0.15) is 33.7 Å². The first kappa shape index (κ1) is 18.2. The summed E-state index contributed by atoms with van der Waals surface area (Å²) in [5, 5.41) is 27.3. The van der Waals surface area contributed by atoms with Crippen LogP contribution in [-0.2, 0) is 4.79 Å². The van der Waals surface area contributed by atoms with Crippen LogP contribution in [0.2, 0.25) is 0 Å². The van der Waals surface area contributed by atoms with Crippen LogP contribution < -0.4 is 29.6 Å². The number of aromatic nitrogens is 2. The Labute approximate surface area is 149 Å². The first-order valence-electron chi connectivity index (χ1n) is 6.11. The van der Waals surface area contributed by atoms with Crippen molar-refractivity contribution in [3.63, 3.8) is 0 Å². The predicted molar refractivity (Wildman–Crippen MR) is 72.4 cm³/mol. The van der Waals surface area contributed by atoms with Gasteiger partial charge in [-0.05, 0) is 16.4 Å². The number of fused-ring (bicyclic) bond motifs is 1. The van der Waals surface area contributed by atoms with Gasteiger partial charge >= 0.3 is 35.2 Å². The second-order valence-corrected chi connectivity index (χ2v) is 5.57. The minimum atomic E-state index is -1.08. The van der Waals surface area contributed by atoms with E-state index in [9.17, 15) is 20.2 Å². The van der Waals surface area contributed by atoms with Gasteiger partial charge in [-0.1, -0.05) is 20.8 Å². The van der Waals surface area contributed by atoms with Crippen molar-refractivity contribution in [3.05, 3.63) is 27.8 Å². The molecule has 0 bridgehead atoms. The number of nitro groups is 1. The fourth-order valence-corrected chi connectivity index (χ4v) is 1.96. The van der Waals surface area contributed by atoms with Gasteiger partial charge < -0.3 is 1.43 Å². The fraction of sp³-hybridized carbons (Fsp3) is 0.385. The first-order valence-corrected chi connectivity index (χ1v) is 6.11. The molecule has 2 aromatic rings. The Bertz CT molecular complexity index is 778. The zero-order chi connectivity index (χ0) is 15.8. The third kappa shape index (κ3) is 3.16. The maximum Gasteiger partial charge on any atom is 1.00 e. The van der Waals surface area contributed by atoms with Crippen LogP contribution in [0.3, 0.4) is 0 Å². The molecule has 0 radical (unpaired) electrons. The minimum absolute atomic E-state index is 0. The van der Waals surface area contributed by atoms with Gasteiger partial charge in [0.15, 0.2) is 5.78 Å². The van der Waals surface area contributed by atoms with Gasteiger partial charge in [-0.3, -0.25) is 14.9 Å². The van der Waals surface area contributed by atoms with Crippen LogP contribution >= 0.6 is 0 Å². The molecule has 0 aliphatic heterocycles. The Morgan fingerprint density at radius 1 is 1.41 bits per heavy atom. The number of rotatable bonds is 3. The van der Waals surface area contributed by atoms with Gasteiger partial charge in [-0.2, -0.15) is 5.26 Å². The Morgan fingerprint density at radius 2 is 2.00 bits per heavy atom. The molecule has 1 atom stereocenters. The van der Waals surface area contributed by atoms with Gasteiger partial charge in [0, 0.05) is 17.0 Å². The minimum Gasteiger partial charge on any atom is -1.00 e. The van der Waals surface area contributed by atoms with Crippen LogP contribution in [-0.4, -0.2) is 21.0 Å². The third-order valence-corrected chi connectivity index (χ3v) is 3.06. The average molecular weight is 312 g/mol. The number of carbonyl (C=O) groups excluding carboxylic acids is 1. The molecule has 0 amide bonds. The van der Waals surface area contributed by atoms with Gasteiger partial charge in [0.05, 0.1) is 11.0 Å². The van der Waals surface area contributed by atoms with Crippen molar-refractivity contribution in [1.82, 2.24) is 10.3 Å². The van der Waals surface area contributed by atoms with E-state index in [4.69, 9.17) is 0 Å². The summed E-state index contributed by atoms with van der Waals surface area (Å²) in [6, 6.07) is 4.47. The van der Waals surface area contributed by atoms with Gasteiger partial charge in [0.25, 0.3) is 0 Å². The SMILES string of the molecule is CC(C)(C)C(=O)C(C#N)c1ccc([N+](=O)[O-])c2nonc12.[H-].[Na+]. The topological polar surface area (TPSA) is 123 Å². The van der Waals surface area contributed by atoms with E-state index in [1.165, 1.54) is 12.1 Å². The van der Waals surface area contributed by atoms with Crippen LogP contribution in [0.25, 0.3) is 11.0 Å². The predicted octanol–water partition coefficient (Wildman–Crippen LogP) is -0.530. The molecular formula is C13H13N4NaO4. The van der Waals surface area contributed by atoms with Crippen molar-refractivity contribution in [2.45, 2.75) is 26.7 Å². The molecule has 0 saturated heterocycles. The summed E-state index contributed by atoms with van der Waals surface area (Å²) in [5.74, 6) is -1.39. The van der Waals surface area contributed by atoms with Crippen LogP contribution in [0.5, 0.6) is 0 Å². The molecule has 8 nitrogen and oxygen atoms in total. The normalized spacial score (nSPS) is 12.3. The van der Waals surface area contributed by atoms with Gasteiger partial charge in [-0.25, -0.2) is 4.63 Å². The molecule has 110 valence electrons. The number of benzene rings is 1. The number of ketones is 1. The maximum atomic E-state index is 12.3. The number of Topliss-reactive ketones (excluding diaryl/α,β-unsaturated/α-hetero) is 1. The summed E-state index contributed by atoms with van der Waals surface area (Å²) >= 11 is 0. The molecule has 22 heavy (non-hydrogen) atoms. The van der Waals surface area contributed by atoms with Crippen molar-refractivity contribution in [3.8, 4) is 6.07 Å². The zero-order valence-electron chi connectivity index (χ0n) is 13.7. The van der Waals surface area contributed by atoms with Crippen molar-refractivity contribution < 1.29 is 45.3 Å². The average Bonchev–Trinajstić information content (AvgIpc) is 2.87. The van der Waals surface area contributed by atoms with Crippen LogP contribution in [0, 0.1) is 26.9 Å². The number of nitro benzene ring substituents is 1. The van der Waals surface area contributed by atoms with E-state index in [2.05, 4.69) is 14.9 Å². The molecule has 2 rings (SSSR count). The maximum absolute atomic E-state index is 12.3. The molecule has 0 spiro atoms. The van der Waals surface area contributed by atoms with Crippen LogP contribution in [0.4, 0.5) is 5.69 Å². The monoisotopic (exact) mass is 312 g/mol. The molecule has 0 aliphatic carbocycles. The van der Waals surface area contributed by atoms with Crippen molar-refractivity contribution in [2.24, 2.45) is 5.41 Å². The Kier molecular flexibility index (Phi) is 5.40. The number of carbonyl (C=O) groups is 1. The third-order valence-electron chi connectivity index (χ3n) is 3.06. The van der Waals surface area contributed by atoms with E-state index in [-0.39, 0.29) is 59.1 Å². The van der Waals surface area contributed by atoms with E-state index < -0.39 is 16.3 Å². The van der Waals surface area contributed by atoms with E-state index in [1.807, 2.05) is 6.07 Å². The number of nitriles is 1. The number of non-ortho nitro benzene ring substituents is 1. The van der Waals surface area contributed by atoms with Crippen LogP contribution in [0.15, 0.2) is 16.8 Å². The largest absolute Gasteiger partial charge is 1.00 e. The summed E-state index contributed by atoms with van der Waals surface area (Å²) < 4.78 is 4.53. The summed E-state index contributed by atoms with van der Waals surface area (Å²) in [6.45, 7) is 5.09. The van der Waals surface area contributed by atoms with Gasteiger partial charge in [-0.15, -0.1) is 0 Å². The van der Waals surface area contributed by atoms with Crippen molar-refractivity contribution in [2.75, 3.05) is 0 Å². The van der Waals surface area contributed by atoms with E-state index in [0.717, 1.165) is 0 Å². The molecule has 0 aliphatic rings. The molecule has 0 saturated carbocycles.